The molecular formula is C29H36IrNO3-. The van der Waals surface area contributed by atoms with Crippen molar-refractivity contribution in [3.63, 3.8) is 0 Å². The van der Waals surface area contributed by atoms with Crippen LogP contribution in [-0.4, -0.2) is 23.0 Å². The van der Waals surface area contributed by atoms with Gasteiger partial charge in [0.25, 0.3) is 0 Å². The topological polar surface area (TPSA) is 59.4 Å². The predicted molar refractivity (Wildman–Crippen MR) is 137 cm³/mol. The van der Waals surface area contributed by atoms with Gasteiger partial charge in [-0.3, -0.25) is 9.78 Å². The number of aliphatic hydroxyl groups is 1. The van der Waals surface area contributed by atoms with E-state index in [4.69, 9.17) is 14.8 Å². The number of methoxy groups -OCH3 is 1. The summed E-state index contributed by atoms with van der Waals surface area (Å²) in [6, 6.07) is 17.9. The number of carbonyl (C=O) groups excluding carboxylic acids is 1. The number of hydrogen-bond acceptors (Lipinski definition) is 4. The Morgan fingerprint density at radius 3 is 2.12 bits per heavy atom. The zero-order chi connectivity index (χ0) is 25.0. The molecule has 3 aromatic rings. The van der Waals surface area contributed by atoms with E-state index in [1.807, 2.05) is 18.2 Å². The van der Waals surface area contributed by atoms with E-state index >= 15 is 0 Å². The average Bonchev–Trinajstić information content (AvgIpc) is 2.70. The molecule has 0 saturated heterocycles. The third-order valence-corrected chi connectivity index (χ3v) is 5.18. The van der Waals surface area contributed by atoms with Gasteiger partial charge in [0.15, 0.2) is 5.78 Å². The SMILES string of the molecule is CC(=O)/C=C(/C)O.COc1cc[c-]c(-c2ccc3c(C(C)(C)C)cc(C(C)(C)C)cc3n2)c1.[Ir]. The first kappa shape index (κ1) is 29.5. The van der Waals surface area contributed by atoms with Crippen LogP contribution in [0.4, 0.5) is 0 Å². The van der Waals surface area contributed by atoms with E-state index in [-0.39, 0.29) is 42.5 Å². The Hall–Kier alpha value is -2.49. The fourth-order valence-electron chi connectivity index (χ4n) is 3.45. The molecule has 2 aromatic carbocycles. The first-order chi connectivity index (χ1) is 15.2. The van der Waals surface area contributed by atoms with Crippen molar-refractivity contribution in [1.29, 1.82) is 0 Å². The third kappa shape index (κ3) is 8.07. The molecule has 0 atom stereocenters. The predicted octanol–water partition coefficient (Wildman–Crippen LogP) is 7.34. The van der Waals surface area contributed by atoms with E-state index in [1.165, 1.54) is 36.4 Å². The second-order valence-corrected chi connectivity index (χ2v) is 10.3. The third-order valence-electron chi connectivity index (χ3n) is 5.18. The molecule has 0 spiro atoms. The number of fused-ring (bicyclic) bond motifs is 1. The van der Waals surface area contributed by atoms with Gasteiger partial charge in [-0.15, -0.1) is 29.8 Å². The van der Waals surface area contributed by atoms with E-state index < -0.39 is 0 Å². The molecule has 1 aromatic heterocycles. The van der Waals surface area contributed by atoms with Crippen LogP contribution in [0.25, 0.3) is 22.2 Å². The molecule has 1 radical (unpaired) electrons. The van der Waals surface area contributed by atoms with Gasteiger partial charge in [-0.2, -0.15) is 0 Å². The molecule has 34 heavy (non-hydrogen) atoms. The number of benzene rings is 2. The number of nitrogens with zero attached hydrogens (tertiary/aromatic N) is 1. The average molecular weight is 639 g/mol. The molecule has 0 aliphatic rings. The maximum atomic E-state index is 10.0. The van der Waals surface area contributed by atoms with Crippen LogP contribution in [0.5, 0.6) is 5.75 Å². The summed E-state index contributed by atoms with van der Waals surface area (Å²) >= 11 is 0. The second-order valence-electron chi connectivity index (χ2n) is 10.3. The van der Waals surface area contributed by atoms with Crippen LogP contribution in [0.3, 0.4) is 0 Å². The van der Waals surface area contributed by atoms with E-state index in [1.54, 1.807) is 7.11 Å². The smallest absolute Gasteiger partial charge is 0.155 e. The summed E-state index contributed by atoms with van der Waals surface area (Å²) in [6.07, 6.45) is 1.17. The summed E-state index contributed by atoms with van der Waals surface area (Å²) in [7, 11) is 1.68. The van der Waals surface area contributed by atoms with Crippen molar-refractivity contribution in [3.05, 3.63) is 71.5 Å². The zero-order valence-electron chi connectivity index (χ0n) is 21.7. The number of rotatable bonds is 3. The van der Waals surface area contributed by atoms with Crippen molar-refractivity contribution >= 4 is 16.7 Å². The summed E-state index contributed by atoms with van der Waals surface area (Å²) in [6.45, 7) is 16.4. The molecule has 0 amide bonds. The zero-order valence-corrected chi connectivity index (χ0v) is 24.1. The molecule has 0 fully saturated rings. The molecule has 5 heteroatoms. The quantitative estimate of drug-likeness (QED) is 0.185. The number of aliphatic hydroxyl groups excluding tert-OH is 1. The number of carbonyl (C=O) groups is 1. The molecule has 1 heterocycles. The Balaban J connectivity index is 0.000000633. The number of ketones is 1. The van der Waals surface area contributed by atoms with Gasteiger partial charge in [0.05, 0.1) is 18.4 Å². The first-order valence-corrected chi connectivity index (χ1v) is 11.1. The van der Waals surface area contributed by atoms with Crippen LogP contribution in [0.1, 0.15) is 66.5 Å². The van der Waals surface area contributed by atoms with Crippen molar-refractivity contribution in [2.45, 2.75) is 66.2 Å². The monoisotopic (exact) mass is 639 g/mol. The minimum Gasteiger partial charge on any atom is -0.516 e. The standard InChI is InChI=1S/C24H28NO.C5H8O2.Ir/c1-23(2,3)17-14-20(24(4,5)6)19-11-12-21(25-22(19)15-17)16-9-8-10-18(13-16)26-7;1-4(6)3-5(2)7;/h8,10-15H,1-7H3;3,6H,1-2H3;/q-1;;/b;4-3-;. The van der Waals surface area contributed by atoms with Crippen LogP contribution in [-0.2, 0) is 35.7 Å². The Morgan fingerprint density at radius 1 is 1.00 bits per heavy atom. The molecule has 0 bridgehead atoms. The van der Waals surface area contributed by atoms with E-state index in [2.05, 4.69) is 71.9 Å². The van der Waals surface area contributed by atoms with Gasteiger partial charge < -0.3 is 9.84 Å². The summed E-state index contributed by atoms with van der Waals surface area (Å²) < 4.78 is 5.34. The molecule has 4 nitrogen and oxygen atoms in total. The minimum atomic E-state index is -0.125. The van der Waals surface area contributed by atoms with Crippen molar-refractivity contribution < 1.29 is 34.7 Å². The summed E-state index contributed by atoms with van der Waals surface area (Å²) in [5.74, 6) is 0.756. The van der Waals surface area contributed by atoms with Gasteiger partial charge >= 0.3 is 0 Å². The van der Waals surface area contributed by atoms with E-state index in [0.717, 1.165) is 22.5 Å². The number of aromatic nitrogens is 1. The van der Waals surface area contributed by atoms with E-state index in [0.29, 0.717) is 0 Å². The Bertz CT molecular complexity index is 1160. The molecule has 0 aliphatic carbocycles. The summed E-state index contributed by atoms with van der Waals surface area (Å²) in [5.41, 5.74) is 5.70. The van der Waals surface area contributed by atoms with Crippen LogP contribution < -0.4 is 4.74 Å². The van der Waals surface area contributed by atoms with Gasteiger partial charge in [0, 0.05) is 37.3 Å². The Kier molecular flexibility index (Phi) is 10.2. The van der Waals surface area contributed by atoms with Crippen LogP contribution in [0, 0.1) is 6.07 Å². The summed E-state index contributed by atoms with van der Waals surface area (Å²) in [5, 5.41) is 9.58. The van der Waals surface area contributed by atoms with E-state index in [9.17, 15) is 4.79 Å². The molecular weight excluding hydrogens is 603 g/mol. The van der Waals surface area contributed by atoms with Crippen molar-refractivity contribution in [2.24, 2.45) is 0 Å². The Labute approximate surface area is 217 Å². The largest absolute Gasteiger partial charge is 0.516 e. The number of pyridine rings is 1. The molecule has 1 N–H and O–H groups in total. The van der Waals surface area contributed by atoms with Crippen molar-refractivity contribution in [1.82, 2.24) is 4.98 Å². The van der Waals surface area contributed by atoms with Gasteiger partial charge in [0.1, 0.15) is 0 Å². The normalized spacial score (nSPS) is 11.9. The van der Waals surface area contributed by atoms with Crippen LogP contribution in [0.15, 0.2) is 54.3 Å². The second kappa shape index (κ2) is 11.8. The van der Waals surface area contributed by atoms with Gasteiger partial charge in [-0.25, -0.2) is 0 Å². The first-order valence-electron chi connectivity index (χ1n) is 11.1. The van der Waals surface area contributed by atoms with Gasteiger partial charge in [0.2, 0.25) is 0 Å². The Morgan fingerprint density at radius 2 is 1.65 bits per heavy atom. The molecule has 0 unspecified atom stereocenters. The molecule has 185 valence electrons. The summed E-state index contributed by atoms with van der Waals surface area (Å²) in [4.78, 5) is 15.0. The van der Waals surface area contributed by atoms with Crippen molar-refractivity contribution in [3.8, 4) is 17.0 Å². The number of hydrogen-bond donors (Lipinski definition) is 1. The fraction of sp³-hybridized carbons (Fsp3) is 0.379. The number of allylic oxidation sites excluding steroid dienone is 2. The fourth-order valence-corrected chi connectivity index (χ4v) is 3.45. The molecule has 3 rings (SSSR count). The maximum absolute atomic E-state index is 10.0. The van der Waals surface area contributed by atoms with Gasteiger partial charge in [-0.05, 0) is 47.6 Å². The molecule has 0 saturated carbocycles. The molecule has 0 aliphatic heterocycles. The van der Waals surface area contributed by atoms with Crippen LogP contribution >= 0.6 is 0 Å². The number of ether oxygens (including phenoxy) is 1. The minimum absolute atomic E-state index is 0. The van der Waals surface area contributed by atoms with Gasteiger partial charge in [-0.1, -0.05) is 59.7 Å². The maximum Gasteiger partial charge on any atom is 0.155 e. The van der Waals surface area contributed by atoms with Crippen molar-refractivity contribution in [2.75, 3.05) is 7.11 Å². The van der Waals surface area contributed by atoms with Crippen LogP contribution in [0.2, 0.25) is 0 Å².